The molecule has 1 amide bonds. The SMILES string of the molecule is C=CC(=O)NCC1=NOCC1. The fourth-order valence-electron chi connectivity index (χ4n) is 0.728. The van der Waals surface area contributed by atoms with Gasteiger partial charge in [-0.3, -0.25) is 4.79 Å². The van der Waals surface area contributed by atoms with Gasteiger partial charge in [0.1, 0.15) is 6.61 Å². The summed E-state index contributed by atoms with van der Waals surface area (Å²) in [5.74, 6) is -0.181. The first-order valence-electron chi connectivity index (χ1n) is 3.41. The Labute approximate surface area is 64.9 Å². The second-order valence-electron chi connectivity index (χ2n) is 2.16. The molecule has 0 aromatic heterocycles. The molecule has 0 saturated heterocycles. The van der Waals surface area contributed by atoms with Crippen molar-refractivity contribution in [3.63, 3.8) is 0 Å². The Morgan fingerprint density at radius 1 is 1.91 bits per heavy atom. The van der Waals surface area contributed by atoms with Gasteiger partial charge in [-0.25, -0.2) is 0 Å². The third kappa shape index (κ3) is 2.41. The van der Waals surface area contributed by atoms with E-state index in [0.29, 0.717) is 13.2 Å². The van der Waals surface area contributed by atoms with Crippen molar-refractivity contribution >= 4 is 11.6 Å². The summed E-state index contributed by atoms with van der Waals surface area (Å²) >= 11 is 0. The van der Waals surface area contributed by atoms with E-state index in [1.807, 2.05) is 0 Å². The van der Waals surface area contributed by atoms with E-state index in [0.717, 1.165) is 12.1 Å². The summed E-state index contributed by atoms with van der Waals surface area (Å²) in [6, 6.07) is 0. The summed E-state index contributed by atoms with van der Waals surface area (Å²) in [6.07, 6.45) is 2.04. The molecule has 0 atom stereocenters. The first-order valence-corrected chi connectivity index (χ1v) is 3.41. The van der Waals surface area contributed by atoms with Crippen LogP contribution in [-0.2, 0) is 9.63 Å². The molecule has 60 valence electrons. The van der Waals surface area contributed by atoms with E-state index in [4.69, 9.17) is 4.84 Å². The normalized spacial score (nSPS) is 15.1. The zero-order valence-corrected chi connectivity index (χ0v) is 6.17. The Morgan fingerprint density at radius 3 is 3.27 bits per heavy atom. The zero-order valence-electron chi connectivity index (χ0n) is 6.17. The van der Waals surface area contributed by atoms with Crippen molar-refractivity contribution in [2.45, 2.75) is 6.42 Å². The fourth-order valence-corrected chi connectivity index (χ4v) is 0.728. The zero-order chi connectivity index (χ0) is 8.10. The third-order valence-electron chi connectivity index (χ3n) is 1.33. The van der Waals surface area contributed by atoms with E-state index in [1.54, 1.807) is 0 Å². The first kappa shape index (κ1) is 7.78. The van der Waals surface area contributed by atoms with E-state index in [9.17, 15) is 4.79 Å². The minimum atomic E-state index is -0.181. The summed E-state index contributed by atoms with van der Waals surface area (Å²) in [4.78, 5) is 15.4. The number of hydrogen-bond acceptors (Lipinski definition) is 3. The topological polar surface area (TPSA) is 50.7 Å². The van der Waals surface area contributed by atoms with Gasteiger partial charge in [-0.05, 0) is 6.08 Å². The molecule has 1 N–H and O–H groups in total. The molecule has 0 radical (unpaired) electrons. The number of carbonyl (C=O) groups excluding carboxylic acids is 1. The molecular weight excluding hydrogens is 144 g/mol. The van der Waals surface area contributed by atoms with Crippen LogP contribution in [0.25, 0.3) is 0 Å². The van der Waals surface area contributed by atoms with E-state index < -0.39 is 0 Å². The minimum absolute atomic E-state index is 0.181. The van der Waals surface area contributed by atoms with Crippen LogP contribution in [0.1, 0.15) is 6.42 Å². The van der Waals surface area contributed by atoms with Gasteiger partial charge in [-0.2, -0.15) is 0 Å². The van der Waals surface area contributed by atoms with Gasteiger partial charge in [0.25, 0.3) is 0 Å². The highest BCUT2D eigenvalue weighted by atomic mass is 16.6. The fraction of sp³-hybridized carbons (Fsp3) is 0.429. The lowest BCUT2D eigenvalue weighted by molar-refractivity contribution is -0.116. The van der Waals surface area contributed by atoms with Crippen molar-refractivity contribution < 1.29 is 9.63 Å². The van der Waals surface area contributed by atoms with Crippen LogP contribution < -0.4 is 5.32 Å². The van der Waals surface area contributed by atoms with Gasteiger partial charge in [0.05, 0.1) is 12.3 Å². The molecule has 0 unspecified atom stereocenters. The molecular formula is C7H10N2O2. The van der Waals surface area contributed by atoms with Crippen molar-refractivity contribution in [3.05, 3.63) is 12.7 Å². The second-order valence-corrected chi connectivity index (χ2v) is 2.16. The minimum Gasteiger partial charge on any atom is -0.395 e. The van der Waals surface area contributed by atoms with Crippen molar-refractivity contribution in [1.82, 2.24) is 5.32 Å². The van der Waals surface area contributed by atoms with Crippen molar-refractivity contribution in [2.75, 3.05) is 13.2 Å². The lowest BCUT2D eigenvalue weighted by atomic mass is 10.3. The molecule has 4 nitrogen and oxygen atoms in total. The molecule has 0 bridgehead atoms. The van der Waals surface area contributed by atoms with Crippen molar-refractivity contribution in [3.8, 4) is 0 Å². The molecule has 0 aliphatic carbocycles. The number of nitrogens with zero attached hydrogens (tertiary/aromatic N) is 1. The number of nitrogens with one attached hydrogen (secondary N) is 1. The second kappa shape index (κ2) is 3.75. The maximum absolute atomic E-state index is 10.6. The van der Waals surface area contributed by atoms with Crippen molar-refractivity contribution in [1.29, 1.82) is 0 Å². The largest absolute Gasteiger partial charge is 0.395 e. The van der Waals surface area contributed by atoms with Gasteiger partial charge < -0.3 is 10.2 Å². The lowest BCUT2D eigenvalue weighted by Gasteiger charge is -1.97. The average molecular weight is 154 g/mol. The molecule has 0 aromatic carbocycles. The van der Waals surface area contributed by atoms with Gasteiger partial charge in [-0.15, -0.1) is 0 Å². The highest BCUT2D eigenvalue weighted by molar-refractivity contribution is 5.93. The molecule has 1 heterocycles. The van der Waals surface area contributed by atoms with Gasteiger partial charge in [0.2, 0.25) is 5.91 Å². The lowest BCUT2D eigenvalue weighted by Crippen LogP contribution is -2.27. The van der Waals surface area contributed by atoms with Crippen LogP contribution >= 0.6 is 0 Å². The van der Waals surface area contributed by atoms with Crippen LogP contribution in [0.5, 0.6) is 0 Å². The van der Waals surface area contributed by atoms with E-state index in [2.05, 4.69) is 17.1 Å². The van der Waals surface area contributed by atoms with Crippen LogP contribution in [-0.4, -0.2) is 24.8 Å². The third-order valence-corrected chi connectivity index (χ3v) is 1.33. The Morgan fingerprint density at radius 2 is 2.73 bits per heavy atom. The Balaban J connectivity index is 2.21. The van der Waals surface area contributed by atoms with Crippen LogP contribution in [0.4, 0.5) is 0 Å². The Kier molecular flexibility index (Phi) is 2.66. The summed E-state index contributed by atoms with van der Waals surface area (Å²) < 4.78 is 0. The standard InChI is InChI=1S/C7H10N2O2/c1-2-7(10)8-5-6-3-4-11-9-6/h2H,1,3-5H2,(H,8,10). The molecule has 4 heteroatoms. The van der Waals surface area contributed by atoms with E-state index in [1.165, 1.54) is 6.08 Å². The Hall–Kier alpha value is -1.32. The highest BCUT2D eigenvalue weighted by Crippen LogP contribution is 1.97. The molecule has 0 saturated carbocycles. The maximum atomic E-state index is 10.6. The van der Waals surface area contributed by atoms with Gasteiger partial charge in [0, 0.05) is 6.42 Å². The average Bonchev–Trinajstić information content (AvgIpc) is 2.52. The number of oxime groups is 1. The number of hydrogen-bond donors (Lipinski definition) is 1. The van der Waals surface area contributed by atoms with Crippen LogP contribution in [0, 0.1) is 0 Å². The van der Waals surface area contributed by atoms with Gasteiger partial charge in [0.15, 0.2) is 0 Å². The predicted molar refractivity (Wildman–Crippen MR) is 41.2 cm³/mol. The van der Waals surface area contributed by atoms with Crippen LogP contribution in [0.3, 0.4) is 0 Å². The highest BCUT2D eigenvalue weighted by Gasteiger charge is 2.07. The monoisotopic (exact) mass is 154 g/mol. The number of rotatable bonds is 3. The van der Waals surface area contributed by atoms with Crippen molar-refractivity contribution in [2.24, 2.45) is 5.16 Å². The molecule has 1 aliphatic rings. The van der Waals surface area contributed by atoms with Crippen LogP contribution in [0.15, 0.2) is 17.8 Å². The first-order chi connectivity index (χ1) is 5.33. The molecule has 1 rings (SSSR count). The molecule has 1 aliphatic heterocycles. The molecule has 11 heavy (non-hydrogen) atoms. The van der Waals surface area contributed by atoms with E-state index >= 15 is 0 Å². The quantitative estimate of drug-likeness (QED) is 0.584. The Bertz CT molecular complexity index is 199. The summed E-state index contributed by atoms with van der Waals surface area (Å²) in [5.41, 5.74) is 0.875. The maximum Gasteiger partial charge on any atom is 0.243 e. The summed E-state index contributed by atoms with van der Waals surface area (Å²) in [5, 5.41) is 6.32. The molecule has 0 fully saturated rings. The van der Waals surface area contributed by atoms with Crippen LogP contribution in [0.2, 0.25) is 0 Å². The van der Waals surface area contributed by atoms with Gasteiger partial charge >= 0.3 is 0 Å². The number of amides is 1. The molecule has 0 aromatic rings. The van der Waals surface area contributed by atoms with Gasteiger partial charge in [-0.1, -0.05) is 11.7 Å². The molecule has 0 spiro atoms. The summed E-state index contributed by atoms with van der Waals surface area (Å²) in [7, 11) is 0. The smallest absolute Gasteiger partial charge is 0.243 e. The predicted octanol–water partition coefficient (Wildman–Crippen LogP) is 0.0649. The van der Waals surface area contributed by atoms with E-state index in [-0.39, 0.29) is 5.91 Å². The number of carbonyl (C=O) groups is 1. The summed E-state index contributed by atoms with van der Waals surface area (Å²) in [6.45, 7) is 4.41.